The number of hydrogen-bond acceptors (Lipinski definition) is 5. The Morgan fingerprint density at radius 3 is 2.67 bits per heavy atom. The molecular weight excluding hydrogens is 388 g/mol. The van der Waals surface area contributed by atoms with E-state index in [0.29, 0.717) is 5.56 Å². The average molecular weight is 408 g/mol. The van der Waals surface area contributed by atoms with E-state index in [4.69, 9.17) is 9.47 Å². The molecule has 1 saturated heterocycles. The van der Waals surface area contributed by atoms with Crippen molar-refractivity contribution >= 4 is 28.9 Å². The van der Waals surface area contributed by atoms with Crippen molar-refractivity contribution in [3.63, 3.8) is 0 Å². The van der Waals surface area contributed by atoms with Gasteiger partial charge >= 0.3 is 18.0 Å². The number of para-hydroxylation sites is 1. The van der Waals surface area contributed by atoms with E-state index in [9.17, 15) is 19.5 Å². The molecule has 1 amide bonds. The molecule has 8 heteroatoms. The van der Waals surface area contributed by atoms with Gasteiger partial charge in [-0.15, -0.1) is 0 Å². The first-order valence-electron chi connectivity index (χ1n) is 9.45. The molecule has 1 fully saturated rings. The van der Waals surface area contributed by atoms with Gasteiger partial charge in [-0.2, -0.15) is 0 Å². The summed E-state index contributed by atoms with van der Waals surface area (Å²) in [6.07, 6.45) is 0.684. The summed E-state index contributed by atoms with van der Waals surface area (Å²) in [7, 11) is 0. The molecule has 0 saturated carbocycles. The first-order valence-corrected chi connectivity index (χ1v) is 9.45. The third kappa shape index (κ3) is 3.84. The number of alkyl carbamates (subject to hydrolysis) is 1. The Balaban J connectivity index is 1.45. The number of amides is 1. The van der Waals surface area contributed by atoms with Crippen LogP contribution in [0, 0.1) is 0 Å². The van der Waals surface area contributed by atoms with Crippen molar-refractivity contribution in [3.05, 3.63) is 71.9 Å². The zero-order chi connectivity index (χ0) is 21.1. The Hall–Kier alpha value is -3.81. The third-order valence-corrected chi connectivity index (χ3v) is 5.16. The van der Waals surface area contributed by atoms with Crippen LogP contribution in [0.1, 0.15) is 17.5 Å². The molecule has 2 atom stereocenters. The highest BCUT2D eigenvalue weighted by Crippen LogP contribution is 2.33. The molecule has 1 aliphatic heterocycles. The second-order valence-corrected chi connectivity index (χ2v) is 7.22. The minimum Gasteiger partial charge on any atom is -0.478 e. The lowest BCUT2D eigenvalue weighted by atomic mass is 9.90. The number of esters is 1. The molecule has 2 aromatic carbocycles. The molecule has 0 aliphatic carbocycles. The largest absolute Gasteiger partial charge is 0.478 e. The number of benzene rings is 2. The van der Waals surface area contributed by atoms with Crippen molar-refractivity contribution < 1.29 is 29.0 Å². The molecule has 0 unspecified atom stereocenters. The minimum atomic E-state index is -1.76. The van der Waals surface area contributed by atoms with E-state index >= 15 is 0 Å². The van der Waals surface area contributed by atoms with Crippen molar-refractivity contribution in [1.82, 2.24) is 10.3 Å². The maximum absolute atomic E-state index is 12.3. The number of ether oxygens (including phenoxy) is 2. The zero-order valence-corrected chi connectivity index (χ0v) is 16.0. The number of aromatic nitrogens is 1. The lowest BCUT2D eigenvalue weighted by Gasteiger charge is -2.22. The summed E-state index contributed by atoms with van der Waals surface area (Å²) in [6, 6.07) is 15.4. The van der Waals surface area contributed by atoms with Gasteiger partial charge in [0, 0.05) is 29.9 Å². The number of carbonyl (C=O) groups is 3. The summed E-state index contributed by atoms with van der Waals surface area (Å²) in [5, 5.41) is 13.1. The van der Waals surface area contributed by atoms with Crippen molar-refractivity contribution in [3.8, 4) is 0 Å². The van der Waals surface area contributed by atoms with Crippen LogP contribution in [0.15, 0.2) is 60.8 Å². The topological polar surface area (TPSA) is 118 Å². The zero-order valence-electron chi connectivity index (χ0n) is 16.0. The van der Waals surface area contributed by atoms with Crippen LogP contribution in [0.4, 0.5) is 4.79 Å². The monoisotopic (exact) mass is 408 g/mol. The van der Waals surface area contributed by atoms with Gasteiger partial charge in [0.25, 0.3) is 0 Å². The van der Waals surface area contributed by atoms with Gasteiger partial charge < -0.3 is 24.9 Å². The SMILES string of the molecule is O=C(N[C@@H]1C[C@](Cc2c[nH]c3ccccc23)(C(=O)O)OC1=O)OCc1ccccc1. The molecule has 1 aromatic heterocycles. The van der Waals surface area contributed by atoms with Crippen LogP contribution in [0.5, 0.6) is 0 Å². The van der Waals surface area contributed by atoms with Crippen LogP contribution in [-0.4, -0.2) is 39.8 Å². The van der Waals surface area contributed by atoms with Crippen molar-refractivity contribution in [2.75, 3.05) is 0 Å². The molecule has 8 nitrogen and oxygen atoms in total. The number of carboxylic acid groups (broad SMARTS) is 1. The summed E-state index contributed by atoms with van der Waals surface area (Å²) >= 11 is 0. The predicted molar refractivity (Wildman–Crippen MR) is 107 cm³/mol. The van der Waals surface area contributed by atoms with Gasteiger partial charge in [0.1, 0.15) is 12.6 Å². The summed E-state index contributed by atoms with van der Waals surface area (Å²) in [4.78, 5) is 39.6. The Kier molecular flexibility index (Phi) is 5.14. The molecule has 2 heterocycles. The van der Waals surface area contributed by atoms with Gasteiger partial charge in [-0.25, -0.2) is 14.4 Å². The van der Waals surface area contributed by atoms with Gasteiger partial charge in [0.05, 0.1) is 0 Å². The maximum Gasteiger partial charge on any atom is 0.408 e. The number of aliphatic carboxylic acids is 1. The summed E-state index contributed by atoms with van der Waals surface area (Å²) in [6.45, 7) is 0.0356. The molecule has 30 heavy (non-hydrogen) atoms. The highest BCUT2D eigenvalue weighted by molar-refractivity contribution is 5.92. The van der Waals surface area contributed by atoms with E-state index < -0.39 is 29.7 Å². The lowest BCUT2D eigenvalue weighted by molar-refractivity contribution is -0.169. The summed E-state index contributed by atoms with van der Waals surface area (Å²) in [5.41, 5.74) is 0.602. The number of hydrogen-bond donors (Lipinski definition) is 3. The molecule has 4 rings (SSSR count). The van der Waals surface area contributed by atoms with Crippen molar-refractivity contribution in [1.29, 1.82) is 0 Å². The molecular formula is C22H20N2O6. The Labute approximate surface area is 171 Å². The number of carboxylic acids is 1. The summed E-state index contributed by atoms with van der Waals surface area (Å²) in [5.74, 6) is -2.06. The first-order chi connectivity index (χ1) is 14.5. The highest BCUT2D eigenvalue weighted by atomic mass is 16.6. The molecule has 0 radical (unpaired) electrons. The standard InChI is InChI=1S/C22H20N2O6/c25-19-18(24-21(28)29-13-14-6-2-1-3-7-14)11-22(30-19,20(26)27)10-15-12-23-17-9-5-4-8-16(15)17/h1-9,12,18,23H,10-11,13H2,(H,24,28)(H,26,27)/t18-,22-/m1/s1. The molecule has 1 aliphatic rings. The molecule has 0 spiro atoms. The van der Waals surface area contributed by atoms with Crippen LogP contribution in [0.2, 0.25) is 0 Å². The Bertz CT molecular complexity index is 1090. The van der Waals surface area contributed by atoms with Gasteiger partial charge in [0.2, 0.25) is 5.60 Å². The van der Waals surface area contributed by atoms with E-state index in [2.05, 4.69) is 10.3 Å². The van der Waals surface area contributed by atoms with Gasteiger partial charge in [-0.05, 0) is 17.2 Å². The van der Waals surface area contributed by atoms with Crippen LogP contribution in [0.3, 0.4) is 0 Å². The minimum absolute atomic E-state index is 0.0185. The van der Waals surface area contributed by atoms with Crippen LogP contribution in [-0.2, 0) is 32.1 Å². The van der Waals surface area contributed by atoms with Crippen molar-refractivity contribution in [2.24, 2.45) is 0 Å². The lowest BCUT2D eigenvalue weighted by Crippen LogP contribution is -2.42. The predicted octanol–water partition coefficient (Wildman–Crippen LogP) is 2.78. The Morgan fingerprint density at radius 2 is 1.90 bits per heavy atom. The maximum atomic E-state index is 12.3. The third-order valence-electron chi connectivity index (χ3n) is 5.16. The van der Waals surface area contributed by atoms with E-state index in [1.807, 2.05) is 42.5 Å². The number of aromatic amines is 1. The van der Waals surface area contributed by atoms with Crippen LogP contribution >= 0.6 is 0 Å². The number of rotatable bonds is 6. The molecule has 3 aromatic rings. The van der Waals surface area contributed by atoms with Crippen LogP contribution < -0.4 is 5.32 Å². The number of carbonyl (C=O) groups excluding carboxylic acids is 2. The van der Waals surface area contributed by atoms with Gasteiger partial charge in [0.15, 0.2) is 0 Å². The quantitative estimate of drug-likeness (QED) is 0.540. The molecule has 0 bridgehead atoms. The van der Waals surface area contributed by atoms with Gasteiger partial charge in [-0.3, -0.25) is 0 Å². The average Bonchev–Trinajstić information content (AvgIpc) is 3.29. The summed E-state index contributed by atoms with van der Waals surface area (Å²) < 4.78 is 10.4. The fourth-order valence-corrected chi connectivity index (χ4v) is 3.64. The number of nitrogens with one attached hydrogen (secondary N) is 2. The Morgan fingerprint density at radius 1 is 1.17 bits per heavy atom. The fourth-order valence-electron chi connectivity index (χ4n) is 3.64. The van der Waals surface area contributed by atoms with E-state index in [1.165, 1.54) is 0 Å². The first kappa shape index (κ1) is 19.5. The van der Waals surface area contributed by atoms with E-state index in [0.717, 1.165) is 16.5 Å². The van der Waals surface area contributed by atoms with Crippen LogP contribution in [0.25, 0.3) is 10.9 Å². The van der Waals surface area contributed by atoms with Crippen molar-refractivity contribution in [2.45, 2.75) is 31.1 Å². The number of cyclic esters (lactones) is 1. The van der Waals surface area contributed by atoms with Gasteiger partial charge in [-0.1, -0.05) is 48.5 Å². The normalized spacial score (nSPS) is 20.7. The fraction of sp³-hybridized carbons (Fsp3) is 0.227. The van der Waals surface area contributed by atoms with E-state index in [-0.39, 0.29) is 19.4 Å². The molecule has 3 N–H and O–H groups in total. The number of fused-ring (bicyclic) bond motifs is 1. The second kappa shape index (κ2) is 7.90. The molecule has 154 valence electrons. The number of H-pyrrole nitrogens is 1. The second-order valence-electron chi connectivity index (χ2n) is 7.22. The van der Waals surface area contributed by atoms with E-state index in [1.54, 1.807) is 18.3 Å². The smallest absolute Gasteiger partial charge is 0.408 e. The highest BCUT2D eigenvalue weighted by Gasteiger charge is 2.53.